The maximum absolute atomic E-state index is 13.1. The zero-order chi connectivity index (χ0) is 19.6. The molecule has 1 aromatic heterocycles. The third-order valence-corrected chi connectivity index (χ3v) is 4.40. The van der Waals surface area contributed by atoms with Crippen LogP contribution in [0.3, 0.4) is 0 Å². The van der Waals surface area contributed by atoms with Gasteiger partial charge in [0.05, 0.1) is 39.4 Å². The number of rotatable bonds is 5. The van der Waals surface area contributed by atoms with E-state index in [9.17, 15) is 9.18 Å². The molecule has 138 valence electrons. The first-order valence-electron chi connectivity index (χ1n) is 7.70. The number of hydrogen-bond donors (Lipinski definition) is 2. The number of carboxylic acids is 1. The molecule has 0 radical (unpaired) electrons. The van der Waals surface area contributed by atoms with Crippen molar-refractivity contribution in [3.63, 3.8) is 0 Å². The molecule has 0 unspecified atom stereocenters. The predicted molar refractivity (Wildman–Crippen MR) is 103 cm³/mol. The highest BCUT2D eigenvalue weighted by Gasteiger charge is 2.13. The van der Waals surface area contributed by atoms with Gasteiger partial charge in [0.15, 0.2) is 0 Å². The van der Waals surface area contributed by atoms with E-state index in [0.717, 1.165) is 0 Å². The number of aryl methyl sites for hydroxylation is 1. The molecular formula is C18H13Cl2FN4O2. The van der Waals surface area contributed by atoms with Crippen molar-refractivity contribution in [2.75, 3.05) is 5.43 Å². The van der Waals surface area contributed by atoms with E-state index in [2.05, 4.69) is 15.6 Å². The van der Waals surface area contributed by atoms with Crippen LogP contribution in [0.15, 0.2) is 47.6 Å². The summed E-state index contributed by atoms with van der Waals surface area (Å²) in [6, 6.07) is 10.2. The van der Waals surface area contributed by atoms with Gasteiger partial charge >= 0.3 is 5.97 Å². The topological polar surface area (TPSA) is 79.5 Å². The standard InChI is InChI=1S/C18H13Cl2FN4O2/c1-10-15(17(20)25(24-10)13-5-2-11(21)3-6-13)9-22-23-12-4-7-16(19)14(8-12)18(26)27/h2-9,23H,1H3,(H,26,27)/b22-9+. The van der Waals surface area contributed by atoms with Crippen LogP contribution < -0.4 is 5.43 Å². The van der Waals surface area contributed by atoms with Gasteiger partial charge in [0.1, 0.15) is 11.0 Å². The number of halogens is 3. The lowest BCUT2D eigenvalue weighted by Crippen LogP contribution is -1.99. The molecule has 0 amide bonds. The van der Waals surface area contributed by atoms with Crippen molar-refractivity contribution in [1.29, 1.82) is 0 Å². The average molecular weight is 407 g/mol. The van der Waals surface area contributed by atoms with E-state index in [1.807, 2.05) is 0 Å². The number of carbonyl (C=O) groups is 1. The molecule has 1 heterocycles. The second-order valence-corrected chi connectivity index (χ2v) is 6.31. The van der Waals surface area contributed by atoms with Crippen LogP contribution in [0.5, 0.6) is 0 Å². The molecule has 27 heavy (non-hydrogen) atoms. The minimum absolute atomic E-state index is 0.0322. The molecule has 3 rings (SSSR count). The molecular weight excluding hydrogens is 394 g/mol. The van der Waals surface area contributed by atoms with E-state index in [1.54, 1.807) is 25.1 Å². The van der Waals surface area contributed by atoms with Gasteiger partial charge in [0.2, 0.25) is 0 Å². The lowest BCUT2D eigenvalue weighted by Gasteiger charge is -2.04. The van der Waals surface area contributed by atoms with Gasteiger partial charge in [-0.3, -0.25) is 5.43 Å². The average Bonchev–Trinajstić information content (AvgIpc) is 2.91. The molecule has 9 heteroatoms. The summed E-state index contributed by atoms with van der Waals surface area (Å²) in [6.07, 6.45) is 1.47. The second-order valence-electron chi connectivity index (χ2n) is 5.55. The van der Waals surface area contributed by atoms with E-state index in [1.165, 1.54) is 35.2 Å². The van der Waals surface area contributed by atoms with Crippen molar-refractivity contribution in [2.45, 2.75) is 6.92 Å². The fraction of sp³-hybridized carbons (Fsp3) is 0.0556. The fourth-order valence-electron chi connectivity index (χ4n) is 2.34. The van der Waals surface area contributed by atoms with Crippen molar-refractivity contribution in [2.24, 2.45) is 5.10 Å². The molecule has 0 fully saturated rings. The van der Waals surface area contributed by atoms with E-state index in [4.69, 9.17) is 28.3 Å². The Labute approximate surface area is 163 Å². The van der Waals surface area contributed by atoms with E-state index in [0.29, 0.717) is 27.8 Å². The van der Waals surface area contributed by atoms with Crippen molar-refractivity contribution < 1.29 is 14.3 Å². The summed E-state index contributed by atoms with van der Waals surface area (Å²) in [5, 5.41) is 17.9. The van der Waals surface area contributed by atoms with Gasteiger partial charge in [-0.05, 0) is 49.4 Å². The fourth-order valence-corrected chi connectivity index (χ4v) is 2.86. The lowest BCUT2D eigenvalue weighted by molar-refractivity contribution is 0.0697. The highest BCUT2D eigenvalue weighted by atomic mass is 35.5. The minimum atomic E-state index is -1.13. The summed E-state index contributed by atoms with van der Waals surface area (Å²) in [5.74, 6) is -1.49. The summed E-state index contributed by atoms with van der Waals surface area (Å²) < 4.78 is 14.6. The van der Waals surface area contributed by atoms with Gasteiger partial charge < -0.3 is 5.11 Å². The largest absolute Gasteiger partial charge is 0.478 e. The molecule has 0 aliphatic carbocycles. The molecule has 0 atom stereocenters. The summed E-state index contributed by atoms with van der Waals surface area (Å²) in [4.78, 5) is 11.1. The highest BCUT2D eigenvalue weighted by molar-refractivity contribution is 6.33. The number of hydrogen-bond acceptors (Lipinski definition) is 4. The van der Waals surface area contributed by atoms with Gasteiger partial charge in [0, 0.05) is 0 Å². The quantitative estimate of drug-likeness (QED) is 0.472. The normalized spacial score (nSPS) is 11.1. The number of anilines is 1. The Morgan fingerprint density at radius 3 is 2.63 bits per heavy atom. The maximum atomic E-state index is 13.1. The summed E-state index contributed by atoms with van der Waals surface area (Å²) >= 11 is 12.2. The first-order chi connectivity index (χ1) is 12.9. The van der Waals surface area contributed by atoms with Gasteiger partial charge in [-0.2, -0.15) is 10.2 Å². The molecule has 2 aromatic carbocycles. The van der Waals surface area contributed by atoms with Gasteiger partial charge in [-0.25, -0.2) is 13.9 Å². The maximum Gasteiger partial charge on any atom is 0.337 e. The molecule has 0 aliphatic rings. The van der Waals surface area contributed by atoms with Gasteiger partial charge in [0.25, 0.3) is 0 Å². The van der Waals surface area contributed by atoms with Crippen LogP contribution in [0.2, 0.25) is 10.2 Å². The Bertz CT molecular complexity index is 1030. The zero-order valence-electron chi connectivity index (χ0n) is 13.9. The predicted octanol–water partition coefficient (Wildman–Crippen LogP) is 4.77. The Balaban J connectivity index is 1.83. The first-order valence-corrected chi connectivity index (χ1v) is 8.45. The number of nitrogens with one attached hydrogen (secondary N) is 1. The molecule has 0 saturated heterocycles. The van der Waals surface area contributed by atoms with Crippen molar-refractivity contribution in [3.05, 3.63) is 75.3 Å². The van der Waals surface area contributed by atoms with Crippen LogP contribution in [0.1, 0.15) is 21.6 Å². The Kier molecular flexibility index (Phi) is 5.43. The number of hydrazone groups is 1. The molecule has 0 saturated carbocycles. The lowest BCUT2D eigenvalue weighted by atomic mass is 10.2. The van der Waals surface area contributed by atoms with Crippen LogP contribution in [0.4, 0.5) is 10.1 Å². The highest BCUT2D eigenvalue weighted by Crippen LogP contribution is 2.23. The van der Waals surface area contributed by atoms with Gasteiger partial charge in [-0.1, -0.05) is 23.2 Å². The zero-order valence-corrected chi connectivity index (χ0v) is 15.5. The first kappa shape index (κ1) is 18.9. The molecule has 0 bridgehead atoms. The summed E-state index contributed by atoms with van der Waals surface area (Å²) in [7, 11) is 0. The third kappa shape index (κ3) is 4.10. The van der Waals surface area contributed by atoms with E-state index < -0.39 is 5.97 Å². The molecule has 6 nitrogen and oxygen atoms in total. The molecule has 0 spiro atoms. The molecule has 3 aromatic rings. The number of aromatic carboxylic acids is 1. The number of benzene rings is 2. The SMILES string of the molecule is Cc1nn(-c2ccc(F)cc2)c(Cl)c1/C=N/Nc1ccc(Cl)c(C(=O)O)c1. The van der Waals surface area contributed by atoms with Gasteiger partial charge in [-0.15, -0.1) is 0 Å². The van der Waals surface area contributed by atoms with Crippen molar-refractivity contribution in [3.8, 4) is 5.69 Å². The van der Waals surface area contributed by atoms with Crippen LogP contribution >= 0.6 is 23.2 Å². The number of carboxylic acid groups (broad SMARTS) is 1. The Morgan fingerprint density at radius 1 is 1.26 bits per heavy atom. The smallest absolute Gasteiger partial charge is 0.337 e. The van der Waals surface area contributed by atoms with Crippen LogP contribution in [0, 0.1) is 12.7 Å². The van der Waals surface area contributed by atoms with Crippen LogP contribution in [0.25, 0.3) is 5.69 Å². The molecule has 2 N–H and O–H groups in total. The minimum Gasteiger partial charge on any atom is -0.478 e. The Hall–Kier alpha value is -2.90. The van der Waals surface area contributed by atoms with E-state index in [-0.39, 0.29) is 16.4 Å². The van der Waals surface area contributed by atoms with Crippen molar-refractivity contribution >= 4 is 41.1 Å². The summed E-state index contributed by atoms with van der Waals surface area (Å²) in [5.41, 5.74) is 4.95. The summed E-state index contributed by atoms with van der Waals surface area (Å²) in [6.45, 7) is 1.76. The second kappa shape index (κ2) is 7.77. The monoisotopic (exact) mass is 406 g/mol. The van der Waals surface area contributed by atoms with Crippen LogP contribution in [-0.4, -0.2) is 27.1 Å². The number of aromatic nitrogens is 2. The van der Waals surface area contributed by atoms with Crippen molar-refractivity contribution in [1.82, 2.24) is 9.78 Å². The third-order valence-electron chi connectivity index (χ3n) is 3.70. The number of nitrogens with zero attached hydrogens (tertiary/aromatic N) is 3. The van der Waals surface area contributed by atoms with E-state index >= 15 is 0 Å². The molecule has 0 aliphatic heterocycles. The Morgan fingerprint density at radius 2 is 1.96 bits per heavy atom. The van der Waals surface area contributed by atoms with Crippen LogP contribution in [-0.2, 0) is 0 Å².